The molecule has 0 radical (unpaired) electrons. The van der Waals surface area contributed by atoms with E-state index in [-0.39, 0.29) is 29.7 Å². The van der Waals surface area contributed by atoms with Crippen molar-refractivity contribution in [1.29, 1.82) is 0 Å². The zero-order valence-corrected chi connectivity index (χ0v) is 18.1. The van der Waals surface area contributed by atoms with Crippen LogP contribution in [-0.2, 0) is 13.0 Å². The first kappa shape index (κ1) is 21.1. The first-order chi connectivity index (χ1) is 12.7. The zero-order chi connectivity index (χ0) is 18.4. The average Bonchev–Trinajstić information content (AvgIpc) is 3.03. The molecule has 5 nitrogen and oxygen atoms in total. The van der Waals surface area contributed by atoms with Crippen molar-refractivity contribution < 1.29 is 5.11 Å². The van der Waals surface area contributed by atoms with Crippen molar-refractivity contribution in [3.05, 3.63) is 65.4 Å². The average molecular weight is 478 g/mol. The summed E-state index contributed by atoms with van der Waals surface area (Å²) in [6.45, 7) is 6.35. The Bertz CT molecular complexity index is 887. The normalized spacial score (nSPS) is 11.3. The maximum atomic E-state index is 9.35. The van der Waals surface area contributed by atoms with Crippen LogP contribution >= 0.6 is 24.0 Å². The third-order valence-corrected chi connectivity index (χ3v) is 4.31. The van der Waals surface area contributed by atoms with Crippen LogP contribution in [0.5, 0.6) is 5.75 Å². The number of guanidine groups is 1. The fourth-order valence-electron chi connectivity index (χ4n) is 2.94. The predicted molar refractivity (Wildman–Crippen MR) is 123 cm³/mol. The molecular formula is C21H27IN4O. The molecule has 4 N–H and O–H groups in total. The van der Waals surface area contributed by atoms with Crippen molar-refractivity contribution in [3.8, 4) is 5.75 Å². The number of aromatic nitrogens is 1. The molecule has 0 fully saturated rings. The molecule has 0 atom stereocenters. The molecule has 0 aliphatic heterocycles. The zero-order valence-electron chi connectivity index (χ0n) is 15.7. The van der Waals surface area contributed by atoms with Crippen LogP contribution in [0.3, 0.4) is 0 Å². The van der Waals surface area contributed by atoms with Crippen molar-refractivity contribution >= 4 is 40.8 Å². The number of hydrogen-bond donors (Lipinski definition) is 4. The van der Waals surface area contributed by atoms with Crippen LogP contribution in [0.4, 0.5) is 0 Å². The van der Waals surface area contributed by atoms with E-state index in [1.807, 2.05) is 12.1 Å². The second kappa shape index (κ2) is 10.2. The number of nitrogens with zero attached hydrogens (tertiary/aromatic N) is 1. The highest BCUT2D eigenvalue weighted by Gasteiger charge is 2.04. The molecule has 1 aromatic heterocycles. The van der Waals surface area contributed by atoms with Crippen LogP contribution < -0.4 is 10.6 Å². The van der Waals surface area contributed by atoms with Gasteiger partial charge in [0, 0.05) is 30.2 Å². The summed E-state index contributed by atoms with van der Waals surface area (Å²) in [4.78, 5) is 7.96. The molecule has 1 heterocycles. The van der Waals surface area contributed by atoms with Gasteiger partial charge >= 0.3 is 0 Å². The van der Waals surface area contributed by atoms with Gasteiger partial charge in [0.15, 0.2) is 5.96 Å². The largest absolute Gasteiger partial charge is 0.508 e. The van der Waals surface area contributed by atoms with Crippen molar-refractivity contribution in [2.24, 2.45) is 4.99 Å². The van der Waals surface area contributed by atoms with Gasteiger partial charge in [-0.25, -0.2) is 4.99 Å². The smallest absolute Gasteiger partial charge is 0.191 e. The Hall–Kier alpha value is -2.22. The summed E-state index contributed by atoms with van der Waals surface area (Å²) in [7, 11) is 0. The van der Waals surface area contributed by atoms with Gasteiger partial charge in [0.1, 0.15) is 5.75 Å². The van der Waals surface area contributed by atoms with Crippen molar-refractivity contribution in [2.75, 3.05) is 13.1 Å². The van der Waals surface area contributed by atoms with Gasteiger partial charge in [0.25, 0.3) is 0 Å². The predicted octanol–water partition coefficient (Wildman–Crippen LogP) is 4.10. The molecule has 144 valence electrons. The number of nitrogens with one attached hydrogen (secondary N) is 3. The fraction of sp³-hybridized carbons (Fsp3) is 0.286. The molecule has 3 rings (SSSR count). The summed E-state index contributed by atoms with van der Waals surface area (Å²) in [5.41, 5.74) is 4.82. The number of phenolic OH excluding ortho intramolecular Hbond substituents is 1. The van der Waals surface area contributed by atoms with Gasteiger partial charge in [-0.1, -0.05) is 24.3 Å². The lowest BCUT2D eigenvalue weighted by Gasteiger charge is -2.11. The van der Waals surface area contributed by atoms with Crippen LogP contribution in [0.15, 0.2) is 53.7 Å². The lowest BCUT2D eigenvalue weighted by atomic mass is 10.1. The van der Waals surface area contributed by atoms with Gasteiger partial charge in [-0.15, -0.1) is 24.0 Å². The van der Waals surface area contributed by atoms with E-state index in [1.165, 1.54) is 22.0 Å². The van der Waals surface area contributed by atoms with E-state index in [1.54, 1.807) is 12.1 Å². The van der Waals surface area contributed by atoms with Gasteiger partial charge in [-0.2, -0.15) is 0 Å². The topological polar surface area (TPSA) is 72.4 Å². The van der Waals surface area contributed by atoms with Gasteiger partial charge < -0.3 is 20.7 Å². The number of rotatable bonds is 6. The van der Waals surface area contributed by atoms with Crippen molar-refractivity contribution in [2.45, 2.75) is 26.8 Å². The standard InChI is InChI=1S/C21H26N4O.HI/c1-3-22-21(25-13-16-5-7-18(26)8-6-16)23-11-10-17-14-24-20-12-15(2)4-9-19(17)20;/h4-9,12,14,24,26H,3,10-11,13H2,1-2H3,(H2,22,23,25);1H. The molecule has 2 aromatic carbocycles. The number of aromatic amines is 1. The number of phenols is 1. The number of aryl methyl sites for hydroxylation is 1. The summed E-state index contributed by atoms with van der Waals surface area (Å²) in [6, 6.07) is 13.6. The molecule has 0 spiro atoms. The summed E-state index contributed by atoms with van der Waals surface area (Å²) in [5, 5.41) is 17.3. The van der Waals surface area contributed by atoms with E-state index in [0.29, 0.717) is 6.54 Å². The number of halogens is 1. The Balaban J connectivity index is 0.00000261. The van der Waals surface area contributed by atoms with Crippen LogP contribution in [-0.4, -0.2) is 29.1 Å². The maximum Gasteiger partial charge on any atom is 0.191 e. The van der Waals surface area contributed by atoms with Crippen molar-refractivity contribution in [1.82, 2.24) is 15.6 Å². The summed E-state index contributed by atoms with van der Waals surface area (Å²) < 4.78 is 0. The Morgan fingerprint density at radius 2 is 1.89 bits per heavy atom. The number of aliphatic imine (C=N–C) groups is 1. The molecule has 6 heteroatoms. The molecule has 0 unspecified atom stereocenters. The first-order valence-electron chi connectivity index (χ1n) is 9.02. The Kier molecular flexibility index (Phi) is 7.97. The molecule has 0 saturated carbocycles. The van der Waals surface area contributed by atoms with E-state index < -0.39 is 0 Å². The van der Waals surface area contributed by atoms with Crippen LogP contribution in [0, 0.1) is 6.92 Å². The number of fused-ring (bicyclic) bond motifs is 1. The minimum absolute atomic E-state index is 0. The molecule has 3 aromatic rings. The minimum atomic E-state index is 0. The van der Waals surface area contributed by atoms with Crippen LogP contribution in [0.25, 0.3) is 10.9 Å². The lowest BCUT2D eigenvalue weighted by Crippen LogP contribution is -2.38. The number of benzene rings is 2. The van der Waals surface area contributed by atoms with Gasteiger partial charge in [-0.3, -0.25) is 0 Å². The van der Waals surface area contributed by atoms with E-state index in [9.17, 15) is 5.11 Å². The lowest BCUT2D eigenvalue weighted by molar-refractivity contribution is 0.475. The molecule has 0 aliphatic carbocycles. The Labute approximate surface area is 177 Å². The number of H-pyrrole nitrogens is 1. The summed E-state index contributed by atoms with van der Waals surface area (Å²) >= 11 is 0. The molecule has 0 bridgehead atoms. The van der Waals surface area contributed by atoms with E-state index in [4.69, 9.17) is 0 Å². The SMILES string of the molecule is CCNC(=NCc1ccc(O)cc1)NCCc1c[nH]c2cc(C)ccc12.I. The third kappa shape index (κ3) is 5.89. The quantitative estimate of drug-likeness (QED) is 0.245. The molecule has 0 amide bonds. The molecular weight excluding hydrogens is 451 g/mol. The maximum absolute atomic E-state index is 9.35. The molecule has 0 saturated heterocycles. The van der Waals surface area contributed by atoms with Crippen molar-refractivity contribution in [3.63, 3.8) is 0 Å². The molecule has 27 heavy (non-hydrogen) atoms. The van der Waals surface area contributed by atoms with E-state index in [0.717, 1.165) is 31.0 Å². The second-order valence-corrected chi connectivity index (χ2v) is 6.40. The van der Waals surface area contributed by atoms with Gasteiger partial charge in [0.05, 0.1) is 6.54 Å². The van der Waals surface area contributed by atoms with E-state index in [2.05, 4.69) is 58.9 Å². The Morgan fingerprint density at radius 1 is 1.11 bits per heavy atom. The third-order valence-electron chi connectivity index (χ3n) is 4.31. The highest BCUT2D eigenvalue weighted by molar-refractivity contribution is 14.0. The summed E-state index contributed by atoms with van der Waals surface area (Å²) in [6.07, 6.45) is 3.01. The highest BCUT2D eigenvalue weighted by Crippen LogP contribution is 2.19. The monoisotopic (exact) mass is 478 g/mol. The van der Waals surface area contributed by atoms with Gasteiger partial charge in [0.2, 0.25) is 0 Å². The van der Waals surface area contributed by atoms with Crippen LogP contribution in [0.1, 0.15) is 23.6 Å². The van der Waals surface area contributed by atoms with Crippen LogP contribution in [0.2, 0.25) is 0 Å². The number of hydrogen-bond acceptors (Lipinski definition) is 2. The minimum Gasteiger partial charge on any atom is -0.508 e. The number of aromatic hydroxyl groups is 1. The van der Waals surface area contributed by atoms with E-state index >= 15 is 0 Å². The molecule has 0 aliphatic rings. The fourth-order valence-corrected chi connectivity index (χ4v) is 2.94. The first-order valence-corrected chi connectivity index (χ1v) is 9.02. The van der Waals surface area contributed by atoms with Gasteiger partial charge in [-0.05, 0) is 55.2 Å². The Morgan fingerprint density at radius 3 is 2.63 bits per heavy atom. The second-order valence-electron chi connectivity index (χ2n) is 6.40. The highest BCUT2D eigenvalue weighted by atomic mass is 127. The summed E-state index contributed by atoms with van der Waals surface area (Å²) in [5.74, 6) is 1.08.